The first kappa shape index (κ1) is 24.8. The van der Waals surface area contributed by atoms with Gasteiger partial charge >= 0.3 is 6.09 Å². The fourth-order valence-corrected chi connectivity index (χ4v) is 4.91. The van der Waals surface area contributed by atoms with Gasteiger partial charge in [0.2, 0.25) is 5.91 Å². The van der Waals surface area contributed by atoms with Crippen LogP contribution in [0.15, 0.2) is 30.5 Å². The van der Waals surface area contributed by atoms with E-state index in [1.54, 1.807) is 13.1 Å². The van der Waals surface area contributed by atoms with Gasteiger partial charge in [-0.1, -0.05) is 26.8 Å². The van der Waals surface area contributed by atoms with Crippen LogP contribution in [0.1, 0.15) is 58.7 Å². The van der Waals surface area contributed by atoms with Gasteiger partial charge in [-0.25, -0.2) is 14.8 Å². The molecule has 1 unspecified atom stereocenters. The Labute approximate surface area is 207 Å². The van der Waals surface area contributed by atoms with Gasteiger partial charge in [0, 0.05) is 50.1 Å². The first-order valence-corrected chi connectivity index (χ1v) is 12.2. The van der Waals surface area contributed by atoms with Gasteiger partial charge in [0.1, 0.15) is 11.6 Å². The molecule has 0 aromatic carbocycles. The second kappa shape index (κ2) is 9.71. The van der Waals surface area contributed by atoms with Gasteiger partial charge in [0.15, 0.2) is 0 Å². The highest BCUT2D eigenvalue weighted by molar-refractivity contribution is 5.85. The van der Waals surface area contributed by atoms with E-state index in [2.05, 4.69) is 34.4 Å². The van der Waals surface area contributed by atoms with E-state index in [1.165, 1.54) is 0 Å². The minimum absolute atomic E-state index is 0.0122. The first-order valence-electron chi connectivity index (χ1n) is 12.2. The Morgan fingerprint density at radius 3 is 2.57 bits per heavy atom. The predicted molar refractivity (Wildman–Crippen MR) is 137 cm³/mol. The molecule has 2 N–H and O–H groups in total. The van der Waals surface area contributed by atoms with Crippen molar-refractivity contribution >= 4 is 29.3 Å². The molecule has 0 saturated carbocycles. The standard InChI is InChI=1S/C26H36N6O3/c1-16-13-31(14-17(2)32(16)18(3)33)23-9-7-8-22(30-23)21-12-28-24-20(21)10-19(11-27-24)29-25(34)35-15-26(4,5)6/h7-11,16-17,21H,12-15H2,1-6H3,(H,27,28)(H,29,34)/t16-,17+,21?. The third-order valence-electron chi connectivity index (χ3n) is 6.37. The molecule has 4 rings (SSSR count). The second-order valence-electron chi connectivity index (χ2n) is 10.8. The smallest absolute Gasteiger partial charge is 0.411 e. The molecular weight excluding hydrogens is 444 g/mol. The van der Waals surface area contributed by atoms with Crippen LogP contribution in [0, 0.1) is 5.41 Å². The van der Waals surface area contributed by atoms with Crippen LogP contribution in [0.3, 0.4) is 0 Å². The number of hydrogen-bond donors (Lipinski definition) is 2. The van der Waals surface area contributed by atoms with Crippen molar-refractivity contribution < 1.29 is 14.3 Å². The number of carbonyl (C=O) groups excluding carboxylic acids is 2. The monoisotopic (exact) mass is 480 g/mol. The zero-order valence-corrected chi connectivity index (χ0v) is 21.5. The number of rotatable bonds is 4. The Bertz CT molecular complexity index is 1090. The van der Waals surface area contributed by atoms with Crippen molar-refractivity contribution in [2.75, 3.05) is 41.8 Å². The molecule has 2 aliphatic rings. The highest BCUT2D eigenvalue weighted by Gasteiger charge is 2.32. The second-order valence-corrected chi connectivity index (χ2v) is 10.8. The molecule has 2 amide bonds. The van der Waals surface area contributed by atoms with Gasteiger partial charge < -0.3 is 19.9 Å². The summed E-state index contributed by atoms with van der Waals surface area (Å²) in [4.78, 5) is 38.0. The maximum absolute atomic E-state index is 12.2. The van der Waals surface area contributed by atoms with Crippen LogP contribution in [0.5, 0.6) is 0 Å². The van der Waals surface area contributed by atoms with Crippen molar-refractivity contribution in [1.82, 2.24) is 14.9 Å². The Morgan fingerprint density at radius 2 is 1.91 bits per heavy atom. The van der Waals surface area contributed by atoms with Crippen LogP contribution < -0.4 is 15.5 Å². The van der Waals surface area contributed by atoms with E-state index in [0.717, 1.165) is 36.0 Å². The molecular formula is C26H36N6O3. The van der Waals surface area contributed by atoms with E-state index in [0.29, 0.717) is 18.8 Å². The maximum Gasteiger partial charge on any atom is 0.411 e. The number of ether oxygens (including phenoxy) is 1. The average Bonchev–Trinajstić information content (AvgIpc) is 3.20. The molecule has 3 atom stereocenters. The Balaban J connectivity index is 1.50. The van der Waals surface area contributed by atoms with Gasteiger partial charge in [0.25, 0.3) is 0 Å². The minimum Gasteiger partial charge on any atom is -0.449 e. The largest absolute Gasteiger partial charge is 0.449 e. The summed E-state index contributed by atoms with van der Waals surface area (Å²) >= 11 is 0. The molecule has 9 heteroatoms. The summed E-state index contributed by atoms with van der Waals surface area (Å²) in [7, 11) is 0. The summed E-state index contributed by atoms with van der Waals surface area (Å²) in [6.45, 7) is 14.3. The van der Waals surface area contributed by atoms with Crippen molar-refractivity contribution in [3.63, 3.8) is 0 Å². The molecule has 9 nitrogen and oxygen atoms in total. The maximum atomic E-state index is 12.2. The number of piperazine rings is 1. The summed E-state index contributed by atoms with van der Waals surface area (Å²) in [6.07, 6.45) is 1.14. The van der Waals surface area contributed by atoms with E-state index in [-0.39, 0.29) is 29.3 Å². The molecule has 4 heterocycles. The van der Waals surface area contributed by atoms with Gasteiger partial charge in [-0.15, -0.1) is 0 Å². The van der Waals surface area contributed by atoms with Gasteiger partial charge in [-0.05, 0) is 37.5 Å². The van der Waals surface area contributed by atoms with Crippen molar-refractivity contribution in [2.45, 2.75) is 59.5 Å². The van der Waals surface area contributed by atoms with E-state index >= 15 is 0 Å². The van der Waals surface area contributed by atoms with Crippen LogP contribution in [-0.2, 0) is 9.53 Å². The fourth-order valence-electron chi connectivity index (χ4n) is 4.91. The van der Waals surface area contributed by atoms with Crippen molar-refractivity contribution in [3.05, 3.63) is 41.7 Å². The normalized spacial score (nSPS) is 21.8. The summed E-state index contributed by atoms with van der Waals surface area (Å²) in [5, 5.41) is 6.14. The third kappa shape index (κ3) is 5.66. The molecule has 0 spiro atoms. The van der Waals surface area contributed by atoms with Crippen LogP contribution in [0.25, 0.3) is 0 Å². The van der Waals surface area contributed by atoms with Crippen LogP contribution in [-0.4, -0.2) is 65.2 Å². The topological polar surface area (TPSA) is 99.7 Å². The van der Waals surface area contributed by atoms with Crippen LogP contribution in [0.4, 0.5) is 22.1 Å². The number of anilines is 3. The number of nitrogens with zero attached hydrogens (tertiary/aromatic N) is 4. The first-order chi connectivity index (χ1) is 16.5. The number of nitrogens with one attached hydrogen (secondary N) is 2. The van der Waals surface area contributed by atoms with E-state index in [9.17, 15) is 9.59 Å². The molecule has 35 heavy (non-hydrogen) atoms. The number of fused-ring (bicyclic) bond motifs is 1. The molecule has 1 fully saturated rings. The molecule has 2 aliphatic heterocycles. The minimum atomic E-state index is -0.489. The van der Waals surface area contributed by atoms with E-state index in [1.807, 2.05) is 49.9 Å². The number of pyridine rings is 2. The van der Waals surface area contributed by atoms with Crippen molar-refractivity contribution in [3.8, 4) is 0 Å². The lowest BCUT2D eigenvalue weighted by Gasteiger charge is -2.44. The molecule has 2 aromatic rings. The number of hydrogen-bond acceptors (Lipinski definition) is 7. The molecule has 0 aliphatic carbocycles. The van der Waals surface area contributed by atoms with Gasteiger partial charge in [-0.2, -0.15) is 0 Å². The van der Waals surface area contributed by atoms with Crippen molar-refractivity contribution in [1.29, 1.82) is 0 Å². The average molecular weight is 481 g/mol. The number of carbonyl (C=O) groups is 2. The zero-order valence-electron chi connectivity index (χ0n) is 21.5. The Morgan fingerprint density at radius 1 is 1.20 bits per heavy atom. The predicted octanol–water partition coefficient (Wildman–Crippen LogP) is 4.07. The van der Waals surface area contributed by atoms with E-state index in [4.69, 9.17) is 9.72 Å². The lowest BCUT2D eigenvalue weighted by molar-refractivity contribution is -0.133. The number of aromatic nitrogens is 2. The lowest BCUT2D eigenvalue weighted by Crippen LogP contribution is -2.58. The number of amides is 2. The Hall–Kier alpha value is -3.36. The van der Waals surface area contributed by atoms with Crippen LogP contribution >= 0.6 is 0 Å². The fraction of sp³-hybridized carbons (Fsp3) is 0.538. The SMILES string of the molecule is CC(=O)N1[C@H](C)CN(c2cccc(C3CNc4ncc(NC(=O)OCC(C)(C)C)cc43)n2)C[C@@H]1C. The zero-order chi connectivity index (χ0) is 25.3. The molecule has 2 aromatic heterocycles. The summed E-state index contributed by atoms with van der Waals surface area (Å²) in [5.74, 6) is 1.83. The van der Waals surface area contributed by atoms with E-state index < -0.39 is 6.09 Å². The summed E-state index contributed by atoms with van der Waals surface area (Å²) in [5.41, 5.74) is 2.42. The third-order valence-corrected chi connectivity index (χ3v) is 6.37. The Kier molecular flexibility index (Phi) is 6.87. The summed E-state index contributed by atoms with van der Waals surface area (Å²) in [6, 6.07) is 8.26. The van der Waals surface area contributed by atoms with Crippen LogP contribution in [0.2, 0.25) is 0 Å². The highest BCUT2D eigenvalue weighted by Crippen LogP contribution is 2.36. The van der Waals surface area contributed by atoms with Gasteiger partial charge in [-0.3, -0.25) is 10.1 Å². The summed E-state index contributed by atoms with van der Waals surface area (Å²) < 4.78 is 5.33. The van der Waals surface area contributed by atoms with Crippen molar-refractivity contribution in [2.24, 2.45) is 5.41 Å². The quantitative estimate of drug-likeness (QED) is 0.680. The molecule has 188 valence electrons. The highest BCUT2D eigenvalue weighted by atomic mass is 16.5. The molecule has 0 bridgehead atoms. The molecule has 0 radical (unpaired) electrons. The van der Waals surface area contributed by atoms with Gasteiger partial charge in [0.05, 0.1) is 24.2 Å². The lowest BCUT2D eigenvalue weighted by atomic mass is 9.98. The molecule has 1 saturated heterocycles.